The van der Waals surface area contributed by atoms with Gasteiger partial charge in [0, 0.05) is 5.54 Å². The minimum Gasteiger partial charge on any atom is -0.465 e. The van der Waals surface area contributed by atoms with Crippen molar-refractivity contribution in [3.05, 3.63) is 34.6 Å². The van der Waals surface area contributed by atoms with E-state index in [1.165, 1.54) is 13.2 Å². The number of hydrogen-bond acceptors (Lipinski definition) is 3. The van der Waals surface area contributed by atoms with Crippen LogP contribution < -0.4 is 5.73 Å². The predicted octanol–water partition coefficient (Wildman–Crippen LogP) is 2.26. The van der Waals surface area contributed by atoms with Crippen molar-refractivity contribution >= 4 is 5.97 Å². The molecule has 0 unspecified atom stereocenters. The maximum atomic E-state index is 13.8. The SMILES string of the molecule is COC(=O)c1cc(C2(N)CCC2)cc(F)c1C. The molecule has 2 N–H and O–H groups in total. The van der Waals surface area contributed by atoms with Gasteiger partial charge in [-0.2, -0.15) is 0 Å². The van der Waals surface area contributed by atoms with Crippen molar-refractivity contribution in [2.24, 2.45) is 5.73 Å². The Bertz CT molecular complexity index is 467. The summed E-state index contributed by atoms with van der Waals surface area (Å²) in [5.74, 6) is -0.925. The second-order valence-corrected chi connectivity index (χ2v) is 4.63. The van der Waals surface area contributed by atoms with Gasteiger partial charge in [-0.25, -0.2) is 9.18 Å². The highest BCUT2D eigenvalue weighted by Gasteiger charge is 2.35. The molecule has 0 spiro atoms. The van der Waals surface area contributed by atoms with E-state index in [9.17, 15) is 9.18 Å². The average molecular weight is 237 g/mol. The molecule has 0 aliphatic heterocycles. The largest absolute Gasteiger partial charge is 0.465 e. The van der Waals surface area contributed by atoms with Gasteiger partial charge < -0.3 is 10.5 Å². The van der Waals surface area contributed by atoms with Gasteiger partial charge in [-0.15, -0.1) is 0 Å². The third-order valence-electron chi connectivity index (χ3n) is 3.57. The normalized spacial score (nSPS) is 17.4. The summed E-state index contributed by atoms with van der Waals surface area (Å²) >= 11 is 0. The van der Waals surface area contributed by atoms with Crippen LogP contribution in [0.25, 0.3) is 0 Å². The maximum absolute atomic E-state index is 13.8. The summed E-state index contributed by atoms with van der Waals surface area (Å²) < 4.78 is 18.4. The second kappa shape index (κ2) is 4.11. The fraction of sp³-hybridized carbons (Fsp3) is 0.462. The third kappa shape index (κ3) is 1.93. The lowest BCUT2D eigenvalue weighted by atomic mass is 9.72. The molecule has 3 nitrogen and oxygen atoms in total. The average Bonchev–Trinajstić information content (AvgIpc) is 2.28. The van der Waals surface area contributed by atoms with Gasteiger partial charge in [0.2, 0.25) is 0 Å². The Morgan fingerprint density at radius 3 is 2.59 bits per heavy atom. The third-order valence-corrected chi connectivity index (χ3v) is 3.57. The van der Waals surface area contributed by atoms with Gasteiger partial charge in [-0.3, -0.25) is 0 Å². The zero-order valence-electron chi connectivity index (χ0n) is 10.0. The molecule has 17 heavy (non-hydrogen) atoms. The van der Waals surface area contributed by atoms with Crippen LogP contribution >= 0.6 is 0 Å². The maximum Gasteiger partial charge on any atom is 0.338 e. The number of carbonyl (C=O) groups excluding carboxylic acids is 1. The smallest absolute Gasteiger partial charge is 0.338 e. The van der Waals surface area contributed by atoms with Crippen molar-refractivity contribution in [2.75, 3.05) is 7.11 Å². The molecule has 0 atom stereocenters. The van der Waals surface area contributed by atoms with Crippen LogP contribution in [0.3, 0.4) is 0 Å². The fourth-order valence-corrected chi connectivity index (χ4v) is 2.13. The first-order valence-corrected chi connectivity index (χ1v) is 5.66. The Labute approximate surface area is 99.8 Å². The monoisotopic (exact) mass is 237 g/mol. The Morgan fingerprint density at radius 1 is 1.47 bits per heavy atom. The molecule has 1 fully saturated rings. The predicted molar refractivity (Wildman–Crippen MR) is 62.2 cm³/mol. The minimum atomic E-state index is -0.522. The zero-order valence-corrected chi connectivity index (χ0v) is 10.0. The Balaban J connectivity index is 2.49. The van der Waals surface area contributed by atoms with Crippen LogP contribution in [0.2, 0.25) is 0 Å². The summed E-state index contributed by atoms with van der Waals surface area (Å²) in [5.41, 5.74) is 6.92. The summed E-state index contributed by atoms with van der Waals surface area (Å²) in [6, 6.07) is 3.09. The van der Waals surface area contributed by atoms with Gasteiger partial charge in [-0.1, -0.05) is 0 Å². The van der Waals surface area contributed by atoms with E-state index in [1.54, 1.807) is 13.0 Å². The van der Waals surface area contributed by atoms with E-state index in [4.69, 9.17) is 5.73 Å². The van der Waals surface area contributed by atoms with Crippen molar-refractivity contribution in [3.8, 4) is 0 Å². The number of carbonyl (C=O) groups is 1. The first-order valence-electron chi connectivity index (χ1n) is 5.66. The van der Waals surface area contributed by atoms with Crippen molar-refractivity contribution in [1.82, 2.24) is 0 Å². The van der Waals surface area contributed by atoms with Gasteiger partial charge in [0.05, 0.1) is 12.7 Å². The standard InChI is InChI=1S/C13H16FNO2/c1-8-10(12(16)17-2)6-9(7-11(8)14)13(15)4-3-5-13/h6-7H,3-5,15H2,1-2H3. The van der Waals surface area contributed by atoms with E-state index in [0.29, 0.717) is 11.1 Å². The lowest BCUT2D eigenvalue weighted by molar-refractivity contribution is 0.0599. The van der Waals surface area contributed by atoms with Crippen molar-refractivity contribution in [1.29, 1.82) is 0 Å². The first kappa shape index (κ1) is 12.0. The van der Waals surface area contributed by atoms with E-state index in [0.717, 1.165) is 19.3 Å². The van der Waals surface area contributed by atoms with Crippen LogP contribution in [0.4, 0.5) is 4.39 Å². The van der Waals surface area contributed by atoms with Crippen LogP contribution in [0.5, 0.6) is 0 Å². The molecule has 0 heterocycles. The van der Waals surface area contributed by atoms with E-state index in [2.05, 4.69) is 4.74 Å². The molecular formula is C13H16FNO2. The van der Waals surface area contributed by atoms with E-state index in [1.807, 2.05) is 0 Å². The number of benzene rings is 1. The summed E-state index contributed by atoms with van der Waals surface area (Å²) in [6.45, 7) is 1.56. The van der Waals surface area contributed by atoms with Crippen molar-refractivity contribution < 1.29 is 13.9 Å². The molecule has 0 radical (unpaired) electrons. The van der Waals surface area contributed by atoms with Crippen LogP contribution in [-0.2, 0) is 10.3 Å². The lowest BCUT2D eigenvalue weighted by Crippen LogP contribution is -2.43. The molecule has 1 aliphatic carbocycles. The minimum absolute atomic E-state index is 0.263. The Morgan fingerprint density at radius 2 is 2.12 bits per heavy atom. The summed E-state index contributed by atoms with van der Waals surface area (Å²) in [4.78, 5) is 11.5. The fourth-order valence-electron chi connectivity index (χ4n) is 2.13. The molecule has 0 amide bonds. The number of methoxy groups -OCH3 is 1. The molecule has 0 saturated heterocycles. The van der Waals surface area contributed by atoms with Crippen molar-refractivity contribution in [3.63, 3.8) is 0 Å². The number of nitrogens with two attached hydrogens (primary N) is 1. The molecule has 0 bridgehead atoms. The number of hydrogen-bond donors (Lipinski definition) is 1. The summed E-state index contributed by atoms with van der Waals surface area (Å²) in [5, 5.41) is 0. The number of esters is 1. The highest BCUT2D eigenvalue weighted by Crippen LogP contribution is 2.39. The van der Waals surface area contributed by atoms with E-state index >= 15 is 0 Å². The Hall–Kier alpha value is -1.42. The van der Waals surface area contributed by atoms with Crippen molar-refractivity contribution in [2.45, 2.75) is 31.7 Å². The van der Waals surface area contributed by atoms with Crippen LogP contribution in [0.15, 0.2) is 12.1 Å². The zero-order chi connectivity index (χ0) is 12.6. The van der Waals surface area contributed by atoms with E-state index in [-0.39, 0.29) is 5.56 Å². The van der Waals surface area contributed by atoms with Crippen LogP contribution in [0, 0.1) is 12.7 Å². The molecule has 1 aromatic carbocycles. The number of rotatable bonds is 2. The summed E-state index contributed by atoms with van der Waals surface area (Å²) in [6.07, 6.45) is 2.70. The van der Waals surface area contributed by atoms with Crippen LogP contribution in [-0.4, -0.2) is 13.1 Å². The molecular weight excluding hydrogens is 221 g/mol. The van der Waals surface area contributed by atoms with Gasteiger partial charge in [-0.05, 0) is 49.4 Å². The second-order valence-electron chi connectivity index (χ2n) is 4.63. The first-order chi connectivity index (χ1) is 7.98. The number of ether oxygens (including phenoxy) is 1. The molecule has 0 aromatic heterocycles. The molecule has 2 rings (SSSR count). The molecule has 1 aromatic rings. The van der Waals surface area contributed by atoms with E-state index < -0.39 is 17.3 Å². The van der Waals surface area contributed by atoms with Gasteiger partial charge >= 0.3 is 5.97 Å². The highest BCUT2D eigenvalue weighted by atomic mass is 19.1. The molecule has 4 heteroatoms. The molecule has 1 aliphatic rings. The van der Waals surface area contributed by atoms with Crippen LogP contribution in [0.1, 0.15) is 40.7 Å². The van der Waals surface area contributed by atoms with Gasteiger partial charge in [0.15, 0.2) is 0 Å². The number of halogens is 1. The lowest BCUT2D eigenvalue weighted by Gasteiger charge is -2.39. The molecule has 92 valence electrons. The topological polar surface area (TPSA) is 52.3 Å². The van der Waals surface area contributed by atoms with Gasteiger partial charge in [0.1, 0.15) is 5.82 Å². The molecule has 1 saturated carbocycles. The highest BCUT2D eigenvalue weighted by molar-refractivity contribution is 5.91. The van der Waals surface area contributed by atoms with Gasteiger partial charge in [0.25, 0.3) is 0 Å². The quantitative estimate of drug-likeness (QED) is 0.803. The summed E-state index contributed by atoms with van der Waals surface area (Å²) in [7, 11) is 1.29. The Kier molecular flexibility index (Phi) is 2.91.